The number of hydrogen-bond acceptors (Lipinski definition) is 6. The lowest BCUT2D eigenvalue weighted by Gasteiger charge is -2.39. The fourth-order valence-corrected chi connectivity index (χ4v) is 6.13. The summed E-state index contributed by atoms with van der Waals surface area (Å²) in [7, 11) is 0. The van der Waals surface area contributed by atoms with Crippen LogP contribution >= 0.6 is 0 Å². The van der Waals surface area contributed by atoms with E-state index in [0.717, 1.165) is 49.7 Å². The maximum absolute atomic E-state index is 10.5. The van der Waals surface area contributed by atoms with Crippen molar-refractivity contribution in [1.82, 2.24) is 14.4 Å². The van der Waals surface area contributed by atoms with Gasteiger partial charge in [0.25, 0.3) is 0 Å². The van der Waals surface area contributed by atoms with Crippen LogP contribution in [0.1, 0.15) is 56.0 Å². The Hall–Kier alpha value is -3.10. The summed E-state index contributed by atoms with van der Waals surface area (Å²) in [6, 6.07) is 16.1. The van der Waals surface area contributed by atoms with Gasteiger partial charge in [0.2, 0.25) is 11.6 Å². The molecule has 0 saturated heterocycles. The zero-order valence-electron chi connectivity index (χ0n) is 19.1. The second kappa shape index (κ2) is 5.93. The molecule has 4 N–H and O–H groups in total. The molecular formula is C27H25N3O4. The molecular weight excluding hydrogens is 430 g/mol. The van der Waals surface area contributed by atoms with Crippen molar-refractivity contribution < 1.29 is 20.4 Å². The molecule has 172 valence electrons. The van der Waals surface area contributed by atoms with Crippen molar-refractivity contribution in [3.63, 3.8) is 0 Å². The van der Waals surface area contributed by atoms with Gasteiger partial charge >= 0.3 is 0 Å². The van der Waals surface area contributed by atoms with Gasteiger partial charge in [0.1, 0.15) is 11.5 Å². The van der Waals surface area contributed by atoms with Gasteiger partial charge in [0.15, 0.2) is 0 Å². The van der Waals surface area contributed by atoms with Crippen LogP contribution in [0.2, 0.25) is 0 Å². The first-order valence-electron chi connectivity index (χ1n) is 11.6. The molecule has 7 rings (SSSR count). The monoisotopic (exact) mass is 455 g/mol. The molecule has 0 spiro atoms. The molecule has 34 heavy (non-hydrogen) atoms. The first-order valence-corrected chi connectivity index (χ1v) is 11.6. The Morgan fingerprint density at radius 3 is 2.24 bits per heavy atom. The highest BCUT2D eigenvalue weighted by Crippen LogP contribution is 2.61. The van der Waals surface area contributed by atoms with E-state index >= 15 is 0 Å². The third kappa shape index (κ3) is 2.25. The molecule has 3 aromatic carbocycles. The molecule has 2 aromatic heterocycles. The molecule has 2 aliphatic rings. The summed E-state index contributed by atoms with van der Waals surface area (Å²) in [6.45, 7) is 6.35. The van der Waals surface area contributed by atoms with Gasteiger partial charge in [0, 0.05) is 28.0 Å². The summed E-state index contributed by atoms with van der Waals surface area (Å²) in [6.07, 6.45) is 0.268. The Kier molecular flexibility index (Phi) is 3.54. The first kappa shape index (κ1) is 20.3. The zero-order valence-corrected chi connectivity index (χ0v) is 19.1. The van der Waals surface area contributed by atoms with Crippen LogP contribution < -0.4 is 0 Å². The molecule has 0 amide bonds. The normalized spacial score (nSPS) is 22.9. The predicted molar refractivity (Wildman–Crippen MR) is 129 cm³/mol. The van der Waals surface area contributed by atoms with E-state index in [4.69, 9.17) is 9.97 Å². The van der Waals surface area contributed by atoms with Crippen LogP contribution in [-0.4, -0.2) is 46.4 Å². The van der Waals surface area contributed by atoms with Gasteiger partial charge < -0.3 is 20.4 Å². The van der Waals surface area contributed by atoms with E-state index in [0.29, 0.717) is 5.56 Å². The van der Waals surface area contributed by atoms with Crippen molar-refractivity contribution in [3.05, 3.63) is 65.5 Å². The zero-order chi connectivity index (χ0) is 23.8. The molecule has 2 heterocycles. The Morgan fingerprint density at radius 2 is 1.53 bits per heavy atom. The van der Waals surface area contributed by atoms with Crippen molar-refractivity contribution in [3.8, 4) is 0 Å². The van der Waals surface area contributed by atoms with Gasteiger partial charge in [-0.3, -0.25) is 4.40 Å². The van der Waals surface area contributed by atoms with Gasteiger partial charge in [-0.25, -0.2) is 9.97 Å². The second-order valence-electron chi connectivity index (χ2n) is 10.9. The number of fused-ring (bicyclic) bond motifs is 12. The summed E-state index contributed by atoms with van der Waals surface area (Å²) < 4.78 is 2.07. The molecule has 2 unspecified atom stereocenters. The van der Waals surface area contributed by atoms with Crippen molar-refractivity contribution >= 4 is 38.4 Å². The van der Waals surface area contributed by atoms with E-state index < -0.39 is 23.4 Å². The number of imidazole rings is 1. The molecule has 1 saturated carbocycles. The number of aliphatic hydroxyl groups is 4. The summed E-state index contributed by atoms with van der Waals surface area (Å²) in [5, 5.41) is 45.2. The van der Waals surface area contributed by atoms with Gasteiger partial charge in [-0.2, -0.15) is 0 Å². The molecule has 2 aliphatic carbocycles. The Bertz CT molecular complexity index is 1690. The maximum Gasteiger partial charge on any atom is 0.226 e. The van der Waals surface area contributed by atoms with E-state index in [9.17, 15) is 20.4 Å². The van der Waals surface area contributed by atoms with Crippen molar-refractivity contribution in [2.45, 2.75) is 56.0 Å². The van der Waals surface area contributed by atoms with E-state index in [1.807, 2.05) is 24.3 Å². The minimum atomic E-state index is -2.60. The van der Waals surface area contributed by atoms with Crippen LogP contribution in [0.4, 0.5) is 0 Å². The van der Waals surface area contributed by atoms with Gasteiger partial charge in [0.05, 0.1) is 16.6 Å². The van der Waals surface area contributed by atoms with Crippen molar-refractivity contribution in [1.29, 1.82) is 0 Å². The smallest absolute Gasteiger partial charge is 0.226 e. The Balaban J connectivity index is 1.63. The SMILES string of the molecule is CC(C)(C)c1nc2c3ccccc3ccc2c2nc3cc4c(cc3n12)C1CC4C(O)(O)C1(O)O. The van der Waals surface area contributed by atoms with E-state index in [1.165, 1.54) is 0 Å². The fourth-order valence-electron chi connectivity index (χ4n) is 6.13. The minimum absolute atomic E-state index is 0.268. The summed E-state index contributed by atoms with van der Waals surface area (Å²) >= 11 is 0. The Labute approximate surface area is 194 Å². The van der Waals surface area contributed by atoms with Crippen molar-refractivity contribution in [2.75, 3.05) is 0 Å². The van der Waals surface area contributed by atoms with Crippen LogP contribution in [-0.2, 0) is 5.41 Å². The third-order valence-corrected chi connectivity index (χ3v) is 7.84. The largest absolute Gasteiger partial charge is 0.361 e. The van der Waals surface area contributed by atoms with Crippen LogP contribution in [0.15, 0.2) is 48.5 Å². The molecule has 1 fully saturated rings. The Morgan fingerprint density at radius 1 is 0.853 bits per heavy atom. The third-order valence-electron chi connectivity index (χ3n) is 7.84. The van der Waals surface area contributed by atoms with E-state index in [1.54, 1.807) is 0 Å². The lowest BCUT2D eigenvalue weighted by molar-refractivity contribution is -0.353. The number of nitrogens with zero attached hydrogens (tertiary/aromatic N) is 3. The van der Waals surface area contributed by atoms with Crippen LogP contribution in [0.5, 0.6) is 0 Å². The fraction of sp³-hybridized carbons (Fsp3) is 0.333. The standard InChI is InChI=1S/C27H25N3O4/c1-25(2,3)24-29-22-14-7-5-4-6-13(14)8-9-15(22)23-28-20-10-16-17(11-21(20)30(23)24)19-12-18(16)26(31,32)27(19,33)34/h4-11,18-19,31-34H,12H2,1-3H3. The number of hydrogen-bond donors (Lipinski definition) is 4. The highest BCUT2D eigenvalue weighted by molar-refractivity contribution is 6.10. The summed E-state index contributed by atoms with van der Waals surface area (Å²) in [4.78, 5) is 10.2. The van der Waals surface area contributed by atoms with Crippen LogP contribution in [0.3, 0.4) is 0 Å². The molecule has 2 bridgehead atoms. The first-order chi connectivity index (χ1) is 16.0. The highest BCUT2D eigenvalue weighted by Gasteiger charge is 2.68. The van der Waals surface area contributed by atoms with E-state index in [-0.39, 0.29) is 11.8 Å². The number of aromatic nitrogens is 3. The van der Waals surface area contributed by atoms with Gasteiger partial charge in [-0.05, 0) is 41.1 Å². The molecule has 0 radical (unpaired) electrons. The lowest BCUT2D eigenvalue weighted by atomic mass is 9.82. The highest BCUT2D eigenvalue weighted by atomic mass is 16.6. The quantitative estimate of drug-likeness (QED) is 0.210. The number of benzene rings is 3. The van der Waals surface area contributed by atoms with Crippen LogP contribution in [0, 0.1) is 0 Å². The predicted octanol–water partition coefficient (Wildman–Crippen LogP) is 3.43. The van der Waals surface area contributed by atoms with Crippen LogP contribution in [0.25, 0.3) is 38.4 Å². The average Bonchev–Trinajstić information content (AvgIpc) is 3.39. The topological polar surface area (TPSA) is 111 Å². The lowest BCUT2D eigenvalue weighted by Crippen LogP contribution is -2.57. The minimum Gasteiger partial charge on any atom is -0.361 e. The van der Waals surface area contributed by atoms with Gasteiger partial charge in [-0.15, -0.1) is 0 Å². The summed E-state index contributed by atoms with van der Waals surface area (Å²) in [5.41, 5.74) is 4.37. The summed E-state index contributed by atoms with van der Waals surface area (Å²) in [5.74, 6) is -5.91. The molecule has 2 atom stereocenters. The van der Waals surface area contributed by atoms with Crippen molar-refractivity contribution in [2.24, 2.45) is 0 Å². The average molecular weight is 456 g/mol. The molecule has 0 aliphatic heterocycles. The second-order valence-corrected chi connectivity index (χ2v) is 10.9. The molecule has 7 nitrogen and oxygen atoms in total. The van der Waals surface area contributed by atoms with E-state index in [2.05, 4.69) is 49.4 Å². The maximum atomic E-state index is 10.5. The molecule has 5 aromatic rings. The number of rotatable bonds is 0. The molecule has 7 heteroatoms. The van der Waals surface area contributed by atoms with Gasteiger partial charge in [-0.1, -0.05) is 51.1 Å².